The molecule has 0 radical (unpaired) electrons. The van der Waals surface area contributed by atoms with Gasteiger partial charge in [-0.15, -0.1) is 5.10 Å². The number of aliphatic carboxylic acids is 1. The highest BCUT2D eigenvalue weighted by Gasteiger charge is 2.32. The molecule has 5 rings (SSSR count). The third kappa shape index (κ3) is 6.17. The molecule has 0 atom stereocenters. The van der Waals surface area contributed by atoms with Gasteiger partial charge in [-0.25, -0.2) is 9.89 Å². The number of allylic oxidation sites excluding steroid dienone is 1. The molecule has 8 nitrogen and oxygen atoms in total. The number of aromatic nitrogens is 4. The first kappa shape index (κ1) is 26.2. The van der Waals surface area contributed by atoms with Crippen molar-refractivity contribution in [3.63, 3.8) is 0 Å². The number of nitrogens with zero attached hydrogens (tertiary/aromatic N) is 5. The lowest BCUT2D eigenvalue weighted by molar-refractivity contribution is -0.134. The number of carboxylic acids is 1. The van der Waals surface area contributed by atoms with Crippen LogP contribution in [0.3, 0.4) is 0 Å². The molecule has 0 fully saturated rings. The van der Waals surface area contributed by atoms with Crippen LogP contribution in [-0.4, -0.2) is 54.7 Å². The molecule has 2 N–H and O–H groups in total. The first-order valence-electron chi connectivity index (χ1n) is 13.4. The summed E-state index contributed by atoms with van der Waals surface area (Å²) in [6.45, 7) is 6.25. The second kappa shape index (κ2) is 11.9. The molecule has 200 valence electrons. The molecule has 1 aromatic heterocycles. The fourth-order valence-corrected chi connectivity index (χ4v) is 5.12. The lowest BCUT2D eigenvalue weighted by Crippen LogP contribution is -2.31. The van der Waals surface area contributed by atoms with Gasteiger partial charge in [0.15, 0.2) is 5.82 Å². The zero-order valence-corrected chi connectivity index (χ0v) is 22.4. The number of carboxylic acid groups (broad SMARTS) is 1. The van der Waals surface area contributed by atoms with E-state index in [0.29, 0.717) is 37.2 Å². The summed E-state index contributed by atoms with van der Waals surface area (Å²) in [4.78, 5) is 16.7. The van der Waals surface area contributed by atoms with E-state index < -0.39 is 5.97 Å². The summed E-state index contributed by atoms with van der Waals surface area (Å²) in [5.41, 5.74) is 6.76. The largest absolute Gasteiger partial charge is 0.477 e. The van der Waals surface area contributed by atoms with Gasteiger partial charge >= 0.3 is 5.97 Å². The topological polar surface area (TPSA) is 98.2 Å². The summed E-state index contributed by atoms with van der Waals surface area (Å²) in [6.07, 6.45) is 2.50. The van der Waals surface area contributed by atoms with Gasteiger partial charge in [-0.3, -0.25) is 0 Å². The molecule has 0 bridgehead atoms. The Morgan fingerprint density at radius 1 is 0.897 bits per heavy atom. The number of tetrazole rings is 1. The van der Waals surface area contributed by atoms with Crippen molar-refractivity contribution >= 4 is 5.97 Å². The first-order valence-corrected chi connectivity index (χ1v) is 13.4. The Morgan fingerprint density at radius 2 is 1.62 bits per heavy atom. The Morgan fingerprint density at radius 3 is 2.28 bits per heavy atom. The van der Waals surface area contributed by atoms with Crippen molar-refractivity contribution < 1.29 is 9.90 Å². The number of H-pyrrole nitrogens is 1. The van der Waals surface area contributed by atoms with Crippen LogP contribution >= 0.6 is 0 Å². The number of benzene rings is 3. The molecule has 0 unspecified atom stereocenters. The molecule has 1 aliphatic heterocycles. The van der Waals surface area contributed by atoms with Crippen LogP contribution in [0.25, 0.3) is 22.5 Å². The quantitative estimate of drug-likeness (QED) is 0.265. The number of carbonyl (C=O) groups is 1. The minimum Gasteiger partial charge on any atom is -0.477 e. The van der Waals surface area contributed by atoms with Crippen molar-refractivity contribution in [2.75, 3.05) is 13.2 Å². The SMILES string of the molecule is CC(C)CCC1=C(C(=O)O)N(CCc2ccccc2)CN1Cc1ccc(-c2ccccc2-c2nnn[nH]2)cc1. The highest BCUT2D eigenvalue weighted by atomic mass is 16.4. The number of rotatable bonds is 11. The van der Waals surface area contributed by atoms with E-state index in [2.05, 4.69) is 81.8 Å². The van der Waals surface area contributed by atoms with Crippen molar-refractivity contribution in [2.24, 2.45) is 5.92 Å². The molecule has 0 saturated heterocycles. The average Bonchev–Trinajstić information content (AvgIpc) is 3.60. The van der Waals surface area contributed by atoms with Crippen LogP contribution in [0.15, 0.2) is 90.3 Å². The Kier molecular flexibility index (Phi) is 8.01. The van der Waals surface area contributed by atoms with Crippen LogP contribution in [0.5, 0.6) is 0 Å². The van der Waals surface area contributed by atoms with Gasteiger partial charge in [-0.2, -0.15) is 0 Å². The fraction of sp³-hybridized carbons (Fsp3) is 0.290. The Hall–Kier alpha value is -4.46. The lowest BCUT2D eigenvalue weighted by atomic mass is 9.98. The van der Waals surface area contributed by atoms with Crippen LogP contribution in [0.4, 0.5) is 0 Å². The predicted octanol–water partition coefficient (Wildman–Crippen LogP) is 5.58. The molecule has 39 heavy (non-hydrogen) atoms. The molecule has 0 amide bonds. The van der Waals surface area contributed by atoms with Crippen molar-refractivity contribution in [1.29, 1.82) is 0 Å². The summed E-state index contributed by atoms with van der Waals surface area (Å²) in [5.74, 6) is 0.272. The van der Waals surface area contributed by atoms with Crippen molar-refractivity contribution in [3.8, 4) is 22.5 Å². The zero-order chi connectivity index (χ0) is 27.2. The Bertz CT molecular complexity index is 1420. The van der Waals surface area contributed by atoms with E-state index in [0.717, 1.165) is 47.2 Å². The number of hydrogen-bond acceptors (Lipinski definition) is 6. The summed E-state index contributed by atoms with van der Waals surface area (Å²) >= 11 is 0. The first-order chi connectivity index (χ1) is 19.0. The van der Waals surface area contributed by atoms with E-state index >= 15 is 0 Å². The molecule has 1 aliphatic rings. The van der Waals surface area contributed by atoms with Gasteiger partial charge in [0.05, 0.1) is 6.67 Å². The second-order valence-electron chi connectivity index (χ2n) is 10.4. The standard InChI is InChI=1S/C31H34N6O2/c1-22(2)12-17-28-29(31(38)39)36(19-18-23-8-4-3-5-9-23)21-37(28)20-24-13-15-25(16-14-24)26-10-6-7-11-27(26)30-32-34-35-33-30/h3-11,13-16,22H,12,17-21H2,1-2H3,(H,38,39)(H,32,33,34,35). The van der Waals surface area contributed by atoms with E-state index in [1.54, 1.807) is 0 Å². The van der Waals surface area contributed by atoms with Crippen molar-refractivity contribution in [1.82, 2.24) is 30.4 Å². The van der Waals surface area contributed by atoms with Crippen molar-refractivity contribution in [2.45, 2.75) is 39.7 Å². The van der Waals surface area contributed by atoms with Gasteiger partial charge in [0.25, 0.3) is 0 Å². The van der Waals surface area contributed by atoms with E-state index in [-0.39, 0.29) is 0 Å². The zero-order valence-electron chi connectivity index (χ0n) is 22.4. The minimum absolute atomic E-state index is 0.442. The van der Waals surface area contributed by atoms with Crippen LogP contribution in [0, 0.1) is 5.92 Å². The summed E-state index contributed by atoms with van der Waals surface area (Å²) in [6, 6.07) is 26.7. The Balaban J connectivity index is 1.37. The smallest absolute Gasteiger partial charge is 0.354 e. The third-order valence-corrected chi connectivity index (χ3v) is 7.15. The summed E-state index contributed by atoms with van der Waals surface area (Å²) in [7, 11) is 0. The maximum Gasteiger partial charge on any atom is 0.354 e. The molecule has 3 aromatic carbocycles. The van der Waals surface area contributed by atoms with Gasteiger partial charge in [0.2, 0.25) is 0 Å². The molecular weight excluding hydrogens is 488 g/mol. The van der Waals surface area contributed by atoms with Crippen LogP contribution in [0.1, 0.15) is 37.8 Å². The van der Waals surface area contributed by atoms with Gasteiger partial charge in [0.1, 0.15) is 5.70 Å². The molecule has 0 aliphatic carbocycles. The van der Waals surface area contributed by atoms with E-state index in [9.17, 15) is 9.90 Å². The van der Waals surface area contributed by atoms with E-state index in [1.807, 2.05) is 41.3 Å². The highest BCUT2D eigenvalue weighted by molar-refractivity contribution is 5.87. The molecule has 4 aromatic rings. The molecule has 0 spiro atoms. The second-order valence-corrected chi connectivity index (χ2v) is 10.4. The highest BCUT2D eigenvalue weighted by Crippen LogP contribution is 2.33. The average molecular weight is 523 g/mol. The number of hydrogen-bond donors (Lipinski definition) is 2. The van der Waals surface area contributed by atoms with Gasteiger partial charge < -0.3 is 14.9 Å². The van der Waals surface area contributed by atoms with Gasteiger partial charge in [-0.1, -0.05) is 92.7 Å². The van der Waals surface area contributed by atoms with E-state index in [1.165, 1.54) is 5.56 Å². The third-order valence-electron chi connectivity index (χ3n) is 7.15. The number of nitrogens with one attached hydrogen (secondary N) is 1. The fourth-order valence-electron chi connectivity index (χ4n) is 5.12. The number of aromatic amines is 1. The summed E-state index contributed by atoms with van der Waals surface area (Å²) in [5, 5.41) is 24.6. The molecule has 8 heteroatoms. The van der Waals surface area contributed by atoms with Gasteiger partial charge in [-0.05, 0) is 57.9 Å². The van der Waals surface area contributed by atoms with Crippen molar-refractivity contribution in [3.05, 3.63) is 101 Å². The molecular formula is C31H34N6O2. The minimum atomic E-state index is -0.849. The summed E-state index contributed by atoms with van der Waals surface area (Å²) < 4.78 is 0. The van der Waals surface area contributed by atoms with Crippen LogP contribution in [0.2, 0.25) is 0 Å². The predicted molar refractivity (Wildman–Crippen MR) is 151 cm³/mol. The molecule has 0 saturated carbocycles. The lowest BCUT2D eigenvalue weighted by Gasteiger charge is -2.24. The molecule has 2 heterocycles. The monoisotopic (exact) mass is 522 g/mol. The normalized spacial score (nSPS) is 13.5. The van der Waals surface area contributed by atoms with E-state index in [4.69, 9.17) is 0 Å². The Labute approximate surface area is 229 Å². The van der Waals surface area contributed by atoms with Crippen LogP contribution in [-0.2, 0) is 17.8 Å². The van der Waals surface area contributed by atoms with Gasteiger partial charge in [0, 0.05) is 24.4 Å². The van der Waals surface area contributed by atoms with Crippen LogP contribution < -0.4 is 0 Å². The maximum atomic E-state index is 12.5. The maximum absolute atomic E-state index is 12.5.